The molecule has 4 nitrogen and oxygen atoms in total. The number of alkyl halides is 3. The van der Waals surface area contributed by atoms with Gasteiger partial charge < -0.3 is 10.6 Å². The van der Waals surface area contributed by atoms with Crippen molar-refractivity contribution in [2.24, 2.45) is 5.41 Å². The fourth-order valence-electron chi connectivity index (χ4n) is 1.76. The molecule has 0 aliphatic heterocycles. The van der Waals surface area contributed by atoms with Crippen LogP contribution in [0.1, 0.15) is 39.2 Å². The number of hydrogen-bond donors (Lipinski definition) is 2. The average Bonchev–Trinajstić information content (AvgIpc) is 2.43. The van der Waals surface area contributed by atoms with E-state index in [1.165, 1.54) is 6.07 Å². The summed E-state index contributed by atoms with van der Waals surface area (Å²) in [5, 5.41) is 4.66. The fourth-order valence-corrected chi connectivity index (χ4v) is 1.98. The van der Waals surface area contributed by atoms with Crippen LogP contribution in [0.4, 0.5) is 18.9 Å². The minimum Gasteiger partial charge on any atom is -0.356 e. The van der Waals surface area contributed by atoms with Gasteiger partial charge in [-0.3, -0.25) is 9.59 Å². The van der Waals surface area contributed by atoms with Crippen LogP contribution in [0, 0.1) is 5.41 Å². The third kappa shape index (κ3) is 6.39. The molecule has 0 aliphatic carbocycles. The quantitative estimate of drug-likeness (QED) is 0.768. The Balaban J connectivity index is 2.50. The molecule has 0 radical (unpaired) electrons. The van der Waals surface area contributed by atoms with E-state index >= 15 is 0 Å². The zero-order valence-corrected chi connectivity index (χ0v) is 14.4. The van der Waals surface area contributed by atoms with E-state index in [4.69, 9.17) is 11.6 Å². The number of hydrogen-bond acceptors (Lipinski definition) is 2. The third-order valence-corrected chi connectivity index (χ3v) is 3.43. The molecule has 0 saturated carbocycles. The lowest BCUT2D eigenvalue weighted by atomic mass is 9.96. The number of benzene rings is 1. The maximum Gasteiger partial charge on any atom is 0.417 e. The van der Waals surface area contributed by atoms with Crippen molar-refractivity contribution in [3.63, 3.8) is 0 Å². The van der Waals surface area contributed by atoms with Gasteiger partial charge >= 0.3 is 6.18 Å². The van der Waals surface area contributed by atoms with E-state index in [9.17, 15) is 22.8 Å². The molecule has 0 unspecified atom stereocenters. The van der Waals surface area contributed by atoms with E-state index in [2.05, 4.69) is 10.6 Å². The molecule has 0 bridgehead atoms. The van der Waals surface area contributed by atoms with Gasteiger partial charge in [-0.25, -0.2) is 0 Å². The summed E-state index contributed by atoms with van der Waals surface area (Å²) in [6.45, 7) is 5.63. The van der Waals surface area contributed by atoms with Gasteiger partial charge in [-0.15, -0.1) is 0 Å². The first-order chi connectivity index (χ1) is 10.9. The molecule has 0 fully saturated rings. The molecule has 24 heavy (non-hydrogen) atoms. The van der Waals surface area contributed by atoms with E-state index in [1.807, 2.05) is 0 Å². The highest BCUT2D eigenvalue weighted by atomic mass is 35.5. The van der Waals surface area contributed by atoms with E-state index in [0.29, 0.717) is 13.0 Å². The van der Waals surface area contributed by atoms with Crippen LogP contribution >= 0.6 is 11.6 Å². The summed E-state index contributed by atoms with van der Waals surface area (Å²) in [6.07, 6.45) is -4.13. The van der Waals surface area contributed by atoms with E-state index in [0.717, 1.165) is 12.1 Å². The minimum absolute atomic E-state index is 0.0236. The van der Waals surface area contributed by atoms with Crippen molar-refractivity contribution in [3.05, 3.63) is 28.8 Å². The normalized spacial score (nSPS) is 12.0. The summed E-state index contributed by atoms with van der Waals surface area (Å²) in [6, 6.07) is 3.18. The second-order valence-electron chi connectivity index (χ2n) is 6.35. The van der Waals surface area contributed by atoms with Crippen LogP contribution in [0.5, 0.6) is 0 Å². The van der Waals surface area contributed by atoms with E-state index in [1.54, 1.807) is 20.8 Å². The van der Waals surface area contributed by atoms with Crippen LogP contribution in [0.3, 0.4) is 0 Å². The molecule has 2 N–H and O–H groups in total. The Morgan fingerprint density at radius 3 is 2.33 bits per heavy atom. The number of rotatable bonds is 5. The van der Waals surface area contributed by atoms with Crippen molar-refractivity contribution in [2.45, 2.75) is 39.8 Å². The first-order valence-corrected chi connectivity index (χ1v) is 7.74. The number of amides is 2. The molecule has 0 spiro atoms. The van der Waals surface area contributed by atoms with Crippen LogP contribution < -0.4 is 10.6 Å². The number of carbonyl (C=O) groups excluding carboxylic acids is 2. The summed E-state index contributed by atoms with van der Waals surface area (Å²) in [5.41, 5.74) is -1.49. The minimum atomic E-state index is -4.59. The van der Waals surface area contributed by atoms with Crippen molar-refractivity contribution in [1.29, 1.82) is 0 Å². The zero-order chi connectivity index (χ0) is 18.5. The van der Waals surface area contributed by atoms with Gasteiger partial charge in [0.25, 0.3) is 0 Å². The summed E-state index contributed by atoms with van der Waals surface area (Å²) >= 11 is 5.51. The molecule has 1 aromatic carbocycles. The molecule has 134 valence electrons. The monoisotopic (exact) mass is 364 g/mol. The highest BCUT2D eigenvalue weighted by Gasteiger charge is 2.33. The largest absolute Gasteiger partial charge is 0.417 e. The van der Waals surface area contributed by atoms with Crippen molar-refractivity contribution in [2.75, 3.05) is 11.9 Å². The van der Waals surface area contributed by atoms with Crippen LogP contribution in [-0.2, 0) is 15.8 Å². The Kier molecular flexibility index (Phi) is 6.66. The molecule has 0 aliphatic rings. The Hall–Kier alpha value is -1.76. The highest BCUT2D eigenvalue weighted by molar-refractivity contribution is 6.31. The standard InChI is InChI=1S/C16H20ClF3N2O2/c1-15(2,3)14(24)21-8-4-5-13(23)22-10-6-7-12(17)11(9-10)16(18,19)20/h6-7,9H,4-5,8H2,1-3H3,(H,21,24)(H,22,23). The number of anilines is 1. The summed E-state index contributed by atoms with van der Waals surface area (Å²) < 4.78 is 38.2. The summed E-state index contributed by atoms with van der Waals surface area (Å²) in [5.74, 6) is -0.564. The summed E-state index contributed by atoms with van der Waals surface area (Å²) in [7, 11) is 0. The second kappa shape index (κ2) is 7.88. The summed E-state index contributed by atoms with van der Waals surface area (Å²) in [4.78, 5) is 23.4. The van der Waals surface area contributed by atoms with Gasteiger partial charge in [0, 0.05) is 24.1 Å². The third-order valence-electron chi connectivity index (χ3n) is 3.10. The van der Waals surface area contributed by atoms with Gasteiger partial charge in [-0.2, -0.15) is 13.2 Å². The Morgan fingerprint density at radius 2 is 1.79 bits per heavy atom. The van der Waals surface area contributed by atoms with Crippen molar-refractivity contribution >= 4 is 29.1 Å². The van der Waals surface area contributed by atoms with Crippen molar-refractivity contribution in [3.8, 4) is 0 Å². The molecule has 0 saturated heterocycles. The number of carbonyl (C=O) groups is 2. The SMILES string of the molecule is CC(C)(C)C(=O)NCCCC(=O)Nc1ccc(Cl)c(C(F)(F)F)c1. The lowest BCUT2D eigenvalue weighted by Crippen LogP contribution is -2.35. The molecule has 1 rings (SSSR count). The van der Waals surface area contributed by atoms with E-state index in [-0.39, 0.29) is 18.0 Å². The first-order valence-electron chi connectivity index (χ1n) is 7.36. The lowest BCUT2D eigenvalue weighted by molar-refractivity contribution is -0.137. The Morgan fingerprint density at radius 1 is 1.17 bits per heavy atom. The maximum atomic E-state index is 12.7. The second-order valence-corrected chi connectivity index (χ2v) is 6.76. The predicted molar refractivity (Wildman–Crippen MR) is 86.8 cm³/mol. The predicted octanol–water partition coefficient (Wildman–Crippen LogP) is 4.24. The maximum absolute atomic E-state index is 12.7. The molecular weight excluding hydrogens is 345 g/mol. The Labute approximate surface area is 143 Å². The van der Waals surface area contributed by atoms with Gasteiger partial charge in [0.15, 0.2) is 0 Å². The number of halogens is 4. The van der Waals surface area contributed by atoms with Crippen LogP contribution in [-0.4, -0.2) is 18.4 Å². The van der Waals surface area contributed by atoms with Gasteiger partial charge in [-0.1, -0.05) is 32.4 Å². The molecule has 8 heteroatoms. The first kappa shape index (κ1) is 20.3. The van der Waals surface area contributed by atoms with Crippen molar-refractivity contribution in [1.82, 2.24) is 5.32 Å². The smallest absolute Gasteiger partial charge is 0.356 e. The van der Waals surface area contributed by atoms with Gasteiger partial charge in [0.1, 0.15) is 0 Å². The topological polar surface area (TPSA) is 58.2 Å². The number of nitrogens with one attached hydrogen (secondary N) is 2. The molecule has 1 aromatic rings. The lowest BCUT2D eigenvalue weighted by Gasteiger charge is -2.17. The molecular formula is C16H20ClF3N2O2. The van der Waals surface area contributed by atoms with Gasteiger partial charge in [-0.05, 0) is 24.6 Å². The van der Waals surface area contributed by atoms with Gasteiger partial charge in [0.05, 0.1) is 10.6 Å². The van der Waals surface area contributed by atoms with Gasteiger partial charge in [0.2, 0.25) is 11.8 Å². The zero-order valence-electron chi connectivity index (χ0n) is 13.7. The van der Waals surface area contributed by atoms with Crippen molar-refractivity contribution < 1.29 is 22.8 Å². The average molecular weight is 365 g/mol. The molecule has 0 atom stereocenters. The molecule has 0 aromatic heterocycles. The van der Waals surface area contributed by atoms with Crippen LogP contribution in [0.25, 0.3) is 0 Å². The molecule has 0 heterocycles. The molecule has 2 amide bonds. The van der Waals surface area contributed by atoms with Crippen LogP contribution in [0.15, 0.2) is 18.2 Å². The fraction of sp³-hybridized carbons (Fsp3) is 0.500. The van der Waals surface area contributed by atoms with E-state index < -0.39 is 28.1 Å². The Bertz CT molecular complexity index is 610. The van der Waals surface area contributed by atoms with Crippen LogP contribution in [0.2, 0.25) is 5.02 Å². The highest BCUT2D eigenvalue weighted by Crippen LogP contribution is 2.36.